The summed E-state index contributed by atoms with van der Waals surface area (Å²) in [6, 6.07) is 5.76. The zero-order chi connectivity index (χ0) is 19.6. The molecule has 1 amide bonds. The van der Waals surface area contributed by atoms with Gasteiger partial charge in [-0.3, -0.25) is 14.8 Å². The first-order chi connectivity index (χ1) is 13.0. The Hall–Kier alpha value is -2.64. The highest BCUT2D eigenvalue weighted by molar-refractivity contribution is 5.79. The standard InChI is InChI=1S/C20H29N5O2/c1-4-27-14-13-24(3)20(26)11-10-19(18-9-5-7-16(2)23-18)25(21)17-8-6-12-22-15-17/h5-10,12,22H,4,11,13-15,21H2,1-3H3/b19-10-. The molecule has 3 N–H and O–H groups in total. The number of nitrogens with two attached hydrogens (primary N) is 1. The maximum absolute atomic E-state index is 12.4. The fraction of sp³-hybridized carbons (Fsp3) is 0.400. The Morgan fingerprint density at radius 2 is 2.26 bits per heavy atom. The molecule has 0 saturated carbocycles. The van der Waals surface area contributed by atoms with Crippen LogP contribution < -0.4 is 11.2 Å². The van der Waals surface area contributed by atoms with Gasteiger partial charge in [-0.05, 0) is 50.4 Å². The Labute approximate surface area is 161 Å². The third-order valence-electron chi connectivity index (χ3n) is 4.18. The first-order valence-corrected chi connectivity index (χ1v) is 9.12. The summed E-state index contributed by atoms with van der Waals surface area (Å²) in [5.74, 6) is 6.38. The number of amides is 1. The summed E-state index contributed by atoms with van der Waals surface area (Å²) >= 11 is 0. The van der Waals surface area contributed by atoms with Crippen molar-refractivity contribution in [3.8, 4) is 0 Å². The molecule has 7 heteroatoms. The van der Waals surface area contributed by atoms with Gasteiger partial charge in [-0.1, -0.05) is 6.07 Å². The van der Waals surface area contributed by atoms with E-state index in [9.17, 15) is 4.79 Å². The van der Waals surface area contributed by atoms with Crippen LogP contribution in [0.5, 0.6) is 0 Å². The summed E-state index contributed by atoms with van der Waals surface area (Å²) in [7, 11) is 1.78. The summed E-state index contributed by atoms with van der Waals surface area (Å²) in [5.41, 5.74) is 3.22. The van der Waals surface area contributed by atoms with Crippen molar-refractivity contribution < 1.29 is 9.53 Å². The first-order valence-electron chi connectivity index (χ1n) is 9.12. The van der Waals surface area contributed by atoms with Crippen LogP contribution >= 0.6 is 0 Å². The van der Waals surface area contributed by atoms with E-state index in [-0.39, 0.29) is 12.3 Å². The fourth-order valence-electron chi connectivity index (χ4n) is 2.59. The van der Waals surface area contributed by atoms with E-state index in [1.807, 2.05) is 56.5 Å². The minimum absolute atomic E-state index is 0.00361. The Balaban J connectivity index is 2.18. The predicted molar refractivity (Wildman–Crippen MR) is 107 cm³/mol. The molecule has 1 aromatic heterocycles. The quantitative estimate of drug-likeness (QED) is 0.391. The van der Waals surface area contributed by atoms with Gasteiger partial charge in [0.05, 0.1) is 30.2 Å². The molecule has 0 unspecified atom stereocenters. The second kappa shape index (κ2) is 10.5. The lowest BCUT2D eigenvalue weighted by Gasteiger charge is -2.26. The van der Waals surface area contributed by atoms with Gasteiger partial charge >= 0.3 is 0 Å². The minimum Gasteiger partial charge on any atom is -0.385 e. The number of allylic oxidation sites excluding steroid dienone is 2. The van der Waals surface area contributed by atoms with Gasteiger partial charge in [0.2, 0.25) is 5.91 Å². The van der Waals surface area contributed by atoms with E-state index >= 15 is 0 Å². The van der Waals surface area contributed by atoms with Gasteiger partial charge in [0.25, 0.3) is 0 Å². The second-order valence-electron chi connectivity index (χ2n) is 6.24. The Morgan fingerprint density at radius 1 is 1.44 bits per heavy atom. The maximum atomic E-state index is 12.4. The van der Waals surface area contributed by atoms with Crippen LogP contribution in [0, 0.1) is 6.92 Å². The monoisotopic (exact) mass is 371 g/mol. The molecule has 0 aliphatic carbocycles. The molecule has 0 atom stereocenters. The minimum atomic E-state index is 0.00361. The van der Waals surface area contributed by atoms with Gasteiger partial charge in [-0.15, -0.1) is 0 Å². The molecule has 1 aromatic rings. The van der Waals surface area contributed by atoms with Crippen molar-refractivity contribution in [2.24, 2.45) is 5.84 Å². The molecule has 1 aliphatic heterocycles. The summed E-state index contributed by atoms with van der Waals surface area (Å²) in [5, 5.41) is 4.73. The number of hydrogen-bond donors (Lipinski definition) is 2. The van der Waals surface area contributed by atoms with Gasteiger partial charge in [-0.25, -0.2) is 5.84 Å². The van der Waals surface area contributed by atoms with E-state index in [4.69, 9.17) is 10.6 Å². The van der Waals surface area contributed by atoms with Crippen molar-refractivity contribution in [1.29, 1.82) is 0 Å². The number of carbonyl (C=O) groups excluding carboxylic acids is 1. The Morgan fingerprint density at radius 3 is 2.93 bits per heavy atom. The predicted octanol–water partition coefficient (Wildman–Crippen LogP) is 1.79. The molecule has 7 nitrogen and oxygen atoms in total. The maximum Gasteiger partial charge on any atom is 0.226 e. The largest absolute Gasteiger partial charge is 0.385 e. The van der Waals surface area contributed by atoms with E-state index in [1.165, 1.54) is 0 Å². The van der Waals surface area contributed by atoms with Crippen LogP contribution in [0.3, 0.4) is 0 Å². The second-order valence-corrected chi connectivity index (χ2v) is 6.24. The molecule has 0 bridgehead atoms. The van der Waals surface area contributed by atoms with E-state index < -0.39 is 0 Å². The highest BCUT2D eigenvalue weighted by Gasteiger charge is 2.16. The Bertz CT molecular complexity index is 727. The van der Waals surface area contributed by atoms with Gasteiger partial charge in [0.1, 0.15) is 0 Å². The average Bonchev–Trinajstić information content (AvgIpc) is 2.68. The normalized spacial score (nSPS) is 13.8. The van der Waals surface area contributed by atoms with Crippen LogP contribution in [-0.2, 0) is 9.53 Å². The van der Waals surface area contributed by atoms with Crippen molar-refractivity contribution in [2.45, 2.75) is 20.3 Å². The highest BCUT2D eigenvalue weighted by atomic mass is 16.5. The van der Waals surface area contributed by atoms with Gasteiger partial charge in [0.15, 0.2) is 0 Å². The Kier molecular flexibility index (Phi) is 8.03. The van der Waals surface area contributed by atoms with Crippen LogP contribution in [0.1, 0.15) is 24.7 Å². The highest BCUT2D eigenvalue weighted by Crippen LogP contribution is 2.20. The molecular weight excluding hydrogens is 342 g/mol. The number of aryl methyl sites for hydroxylation is 1. The van der Waals surface area contributed by atoms with Crippen molar-refractivity contribution in [3.63, 3.8) is 0 Å². The number of nitrogens with one attached hydrogen (secondary N) is 1. The van der Waals surface area contributed by atoms with Crippen molar-refractivity contribution >= 4 is 11.6 Å². The molecule has 2 rings (SSSR count). The molecule has 0 radical (unpaired) electrons. The molecule has 0 aromatic carbocycles. The van der Waals surface area contributed by atoms with Crippen LogP contribution in [0.4, 0.5) is 0 Å². The van der Waals surface area contributed by atoms with Crippen LogP contribution in [-0.4, -0.2) is 54.2 Å². The summed E-state index contributed by atoms with van der Waals surface area (Å²) in [4.78, 5) is 18.7. The number of nitrogens with zero attached hydrogens (tertiary/aromatic N) is 3. The van der Waals surface area contributed by atoms with E-state index in [1.54, 1.807) is 17.0 Å². The molecular formula is C20H29N5O2. The number of ether oxygens (including phenoxy) is 1. The van der Waals surface area contributed by atoms with E-state index in [2.05, 4.69) is 10.3 Å². The summed E-state index contributed by atoms with van der Waals surface area (Å²) in [6.45, 7) is 6.21. The number of hydrogen-bond acceptors (Lipinski definition) is 6. The zero-order valence-corrected chi connectivity index (χ0v) is 16.3. The van der Waals surface area contributed by atoms with Gasteiger partial charge < -0.3 is 15.0 Å². The molecule has 0 saturated heterocycles. The van der Waals surface area contributed by atoms with Crippen molar-refractivity contribution in [1.82, 2.24) is 20.2 Å². The average molecular weight is 371 g/mol. The lowest BCUT2D eigenvalue weighted by atomic mass is 10.2. The zero-order valence-electron chi connectivity index (χ0n) is 16.3. The van der Waals surface area contributed by atoms with Crippen molar-refractivity contribution in [2.75, 3.05) is 33.4 Å². The van der Waals surface area contributed by atoms with E-state index in [0.29, 0.717) is 32.0 Å². The lowest BCUT2D eigenvalue weighted by molar-refractivity contribution is -0.129. The molecule has 2 heterocycles. The first kappa shape index (κ1) is 20.7. The molecule has 146 valence electrons. The molecule has 0 spiro atoms. The number of pyridine rings is 1. The molecule has 0 fully saturated rings. The number of hydrazine groups is 1. The molecule has 1 aliphatic rings. The van der Waals surface area contributed by atoms with Gasteiger partial charge in [-0.2, -0.15) is 0 Å². The van der Waals surface area contributed by atoms with Crippen LogP contribution in [0.2, 0.25) is 0 Å². The third-order valence-corrected chi connectivity index (χ3v) is 4.18. The fourth-order valence-corrected chi connectivity index (χ4v) is 2.59. The van der Waals surface area contributed by atoms with Gasteiger partial charge in [0, 0.05) is 32.3 Å². The smallest absolute Gasteiger partial charge is 0.226 e. The van der Waals surface area contributed by atoms with Crippen LogP contribution in [0.15, 0.2) is 48.3 Å². The number of dihydropyridines is 1. The van der Waals surface area contributed by atoms with E-state index in [0.717, 1.165) is 17.1 Å². The number of likely N-dealkylation sites (N-methyl/N-ethyl adjacent to an activating group) is 1. The topological polar surface area (TPSA) is 83.7 Å². The number of aromatic nitrogens is 1. The SMILES string of the molecule is CCOCCN(C)C(=O)C/C=C(/c1cccc(C)n1)N(N)C1=CC=CNC1. The third kappa shape index (κ3) is 6.23. The lowest BCUT2D eigenvalue weighted by Crippen LogP contribution is -2.35. The van der Waals surface area contributed by atoms with Crippen LogP contribution in [0.25, 0.3) is 5.70 Å². The van der Waals surface area contributed by atoms with Crippen molar-refractivity contribution in [3.05, 3.63) is 59.7 Å². The summed E-state index contributed by atoms with van der Waals surface area (Å²) < 4.78 is 5.31. The molecule has 27 heavy (non-hydrogen) atoms. The number of rotatable bonds is 9. The number of carbonyl (C=O) groups is 1. The summed E-state index contributed by atoms with van der Waals surface area (Å²) in [6.07, 6.45) is 7.77.